The molecule has 0 spiro atoms. The standard InChI is InChI=1S/C34H60O8/c1-22-12-11-14-24(3)33(23(2)13-7-8-15-28(35)16-9-10-17-32(39)40)42-34(41)25(4)18-19-29(36)27(6)31(38)21-30(37)26(5)20-22/h18,20,22-24,27-31,33,35-38H,7-17,19,21H2,1-6H3,(H,39,40)/b25-18+,26-20+/t22-,23+,24-,27+,28?,29+,30-,31+,33?/m0/s1. The van der Waals surface area contributed by atoms with Crippen molar-refractivity contribution in [2.45, 2.75) is 156 Å². The number of carboxylic acid groups (broad SMARTS) is 1. The number of allylic oxidation sites excluding steroid dienone is 1. The maximum atomic E-state index is 13.1. The highest BCUT2D eigenvalue weighted by molar-refractivity contribution is 5.87. The van der Waals surface area contributed by atoms with E-state index in [1.165, 1.54) is 0 Å². The Morgan fingerprint density at radius 1 is 0.976 bits per heavy atom. The Morgan fingerprint density at radius 3 is 2.24 bits per heavy atom. The van der Waals surface area contributed by atoms with Crippen molar-refractivity contribution in [2.24, 2.45) is 23.7 Å². The molecule has 5 N–H and O–H groups in total. The summed E-state index contributed by atoms with van der Waals surface area (Å²) in [5, 5.41) is 50.9. The van der Waals surface area contributed by atoms with E-state index in [9.17, 15) is 30.0 Å². The van der Waals surface area contributed by atoms with Gasteiger partial charge in [0, 0.05) is 24.3 Å². The van der Waals surface area contributed by atoms with Crippen LogP contribution in [0.3, 0.4) is 0 Å². The summed E-state index contributed by atoms with van der Waals surface area (Å²) in [4.78, 5) is 23.8. The van der Waals surface area contributed by atoms with Gasteiger partial charge in [0.2, 0.25) is 0 Å². The first kappa shape index (κ1) is 38.3. The summed E-state index contributed by atoms with van der Waals surface area (Å²) in [5.74, 6) is -1.13. The Kier molecular flexibility index (Phi) is 18.5. The van der Waals surface area contributed by atoms with Gasteiger partial charge in [-0.05, 0) is 82.1 Å². The normalized spacial score (nSPS) is 33.2. The number of aliphatic hydroxyl groups is 4. The molecule has 8 heteroatoms. The van der Waals surface area contributed by atoms with E-state index in [0.29, 0.717) is 31.3 Å². The quantitative estimate of drug-likeness (QED) is 0.112. The molecule has 0 saturated heterocycles. The lowest BCUT2D eigenvalue weighted by atomic mass is 9.85. The van der Waals surface area contributed by atoms with Gasteiger partial charge >= 0.3 is 11.9 Å². The number of ether oxygens (including phenoxy) is 1. The molecule has 1 aliphatic rings. The SMILES string of the molecule is C/C1=C\C[C@@H](O)[C@@H](C)[C@H](O)C[C@H](O)/C(C)=C/[C@@H](C)CCC[C@H](C)C([C@H](C)CCCCC(O)CCCCC(=O)O)OC1=O. The van der Waals surface area contributed by atoms with Crippen molar-refractivity contribution in [1.82, 2.24) is 0 Å². The van der Waals surface area contributed by atoms with Gasteiger partial charge in [0.1, 0.15) is 6.10 Å². The minimum atomic E-state index is -0.877. The number of rotatable bonds is 11. The molecule has 1 aliphatic heterocycles. The summed E-state index contributed by atoms with van der Waals surface area (Å²) in [5.41, 5.74) is 1.26. The summed E-state index contributed by atoms with van der Waals surface area (Å²) in [6.07, 6.45) is 9.03. The lowest BCUT2D eigenvalue weighted by Gasteiger charge is -2.30. The topological polar surface area (TPSA) is 145 Å². The Labute approximate surface area is 254 Å². The molecular formula is C34H60O8. The van der Waals surface area contributed by atoms with Gasteiger partial charge in [0.15, 0.2) is 0 Å². The molecular weight excluding hydrogens is 536 g/mol. The van der Waals surface area contributed by atoms with Crippen LogP contribution in [0.15, 0.2) is 23.3 Å². The molecule has 42 heavy (non-hydrogen) atoms. The van der Waals surface area contributed by atoms with Crippen LogP contribution in [-0.2, 0) is 14.3 Å². The number of carbonyl (C=O) groups excluding carboxylic acids is 1. The van der Waals surface area contributed by atoms with Gasteiger partial charge in [-0.1, -0.05) is 65.5 Å². The number of hydrogen-bond acceptors (Lipinski definition) is 7. The van der Waals surface area contributed by atoms with E-state index in [2.05, 4.69) is 26.8 Å². The van der Waals surface area contributed by atoms with Crippen LogP contribution < -0.4 is 0 Å². The van der Waals surface area contributed by atoms with Crippen molar-refractivity contribution in [3.05, 3.63) is 23.3 Å². The molecule has 0 aromatic carbocycles. The Bertz CT molecular complexity index is 852. The third kappa shape index (κ3) is 15.1. The lowest BCUT2D eigenvalue weighted by molar-refractivity contribution is -0.150. The molecule has 8 nitrogen and oxygen atoms in total. The number of cyclic esters (lactones) is 1. The number of unbranched alkanes of at least 4 members (excludes halogenated alkanes) is 2. The minimum absolute atomic E-state index is 0.130. The van der Waals surface area contributed by atoms with Crippen molar-refractivity contribution >= 4 is 11.9 Å². The number of aliphatic carboxylic acids is 1. The highest BCUT2D eigenvalue weighted by atomic mass is 16.5. The average molecular weight is 597 g/mol. The third-order valence-electron chi connectivity index (χ3n) is 9.05. The third-order valence-corrected chi connectivity index (χ3v) is 9.05. The summed E-state index contributed by atoms with van der Waals surface area (Å²) < 4.78 is 6.11. The smallest absolute Gasteiger partial charge is 0.333 e. The van der Waals surface area contributed by atoms with Gasteiger partial charge in [-0.25, -0.2) is 4.79 Å². The van der Waals surface area contributed by atoms with Crippen LogP contribution >= 0.6 is 0 Å². The first-order valence-electron chi connectivity index (χ1n) is 16.2. The van der Waals surface area contributed by atoms with E-state index in [-0.39, 0.29) is 49.1 Å². The fraction of sp³-hybridized carbons (Fsp3) is 0.824. The maximum absolute atomic E-state index is 13.1. The van der Waals surface area contributed by atoms with Gasteiger partial charge in [-0.2, -0.15) is 0 Å². The van der Waals surface area contributed by atoms with Crippen LogP contribution in [0, 0.1) is 23.7 Å². The second-order valence-corrected chi connectivity index (χ2v) is 13.1. The zero-order valence-corrected chi connectivity index (χ0v) is 27.0. The van der Waals surface area contributed by atoms with E-state index in [0.717, 1.165) is 44.1 Å². The number of aliphatic hydroxyl groups excluding tert-OH is 4. The van der Waals surface area contributed by atoms with Crippen LogP contribution in [0.5, 0.6) is 0 Å². The Morgan fingerprint density at radius 2 is 1.60 bits per heavy atom. The van der Waals surface area contributed by atoms with Gasteiger partial charge in [0.05, 0.1) is 24.4 Å². The summed E-state index contributed by atoms with van der Waals surface area (Å²) in [6, 6.07) is 0. The zero-order valence-electron chi connectivity index (χ0n) is 27.0. The predicted molar refractivity (Wildman–Crippen MR) is 166 cm³/mol. The first-order chi connectivity index (χ1) is 19.7. The first-order valence-corrected chi connectivity index (χ1v) is 16.2. The average Bonchev–Trinajstić information content (AvgIpc) is 2.93. The second-order valence-electron chi connectivity index (χ2n) is 13.1. The molecule has 2 unspecified atom stereocenters. The van der Waals surface area contributed by atoms with Crippen LogP contribution in [0.1, 0.15) is 125 Å². The molecule has 0 aromatic rings. The van der Waals surface area contributed by atoms with E-state index in [1.54, 1.807) is 19.9 Å². The highest BCUT2D eigenvalue weighted by Gasteiger charge is 2.29. The number of hydrogen-bond donors (Lipinski definition) is 5. The van der Waals surface area contributed by atoms with Gasteiger partial charge < -0.3 is 30.3 Å². The molecule has 1 rings (SSSR count). The van der Waals surface area contributed by atoms with Gasteiger partial charge in [-0.3, -0.25) is 4.79 Å². The van der Waals surface area contributed by atoms with Crippen molar-refractivity contribution in [2.75, 3.05) is 0 Å². The fourth-order valence-electron chi connectivity index (χ4n) is 5.87. The van der Waals surface area contributed by atoms with E-state index in [4.69, 9.17) is 9.84 Å². The monoisotopic (exact) mass is 596 g/mol. The van der Waals surface area contributed by atoms with Gasteiger partial charge in [0.25, 0.3) is 0 Å². The molecule has 0 bridgehead atoms. The second kappa shape index (κ2) is 20.3. The molecule has 244 valence electrons. The molecule has 9 atom stereocenters. The molecule has 1 heterocycles. The molecule has 0 aromatic heterocycles. The largest absolute Gasteiger partial charge is 0.481 e. The van der Waals surface area contributed by atoms with Crippen LogP contribution in [0.2, 0.25) is 0 Å². The summed E-state index contributed by atoms with van der Waals surface area (Å²) in [6.45, 7) is 11.7. The molecule has 0 fully saturated rings. The molecule has 0 saturated carbocycles. The van der Waals surface area contributed by atoms with Crippen molar-refractivity contribution < 1.29 is 39.9 Å². The highest BCUT2D eigenvalue weighted by Crippen LogP contribution is 2.29. The van der Waals surface area contributed by atoms with Crippen molar-refractivity contribution in [3.8, 4) is 0 Å². The fourth-order valence-corrected chi connectivity index (χ4v) is 5.87. The van der Waals surface area contributed by atoms with Crippen LogP contribution in [0.4, 0.5) is 0 Å². The number of carbonyl (C=O) groups is 2. The van der Waals surface area contributed by atoms with Gasteiger partial charge in [-0.15, -0.1) is 0 Å². The minimum Gasteiger partial charge on any atom is -0.481 e. The van der Waals surface area contributed by atoms with Crippen molar-refractivity contribution in [3.63, 3.8) is 0 Å². The molecule has 0 aliphatic carbocycles. The number of esters is 1. The zero-order chi connectivity index (χ0) is 31.8. The Balaban J connectivity index is 2.89. The van der Waals surface area contributed by atoms with Crippen LogP contribution in [0.25, 0.3) is 0 Å². The summed E-state index contributed by atoms with van der Waals surface area (Å²) in [7, 11) is 0. The maximum Gasteiger partial charge on any atom is 0.333 e. The van der Waals surface area contributed by atoms with Crippen LogP contribution in [-0.4, -0.2) is 68.0 Å². The predicted octanol–water partition coefficient (Wildman–Crippen LogP) is 5.95. The molecule has 0 radical (unpaired) electrons. The van der Waals surface area contributed by atoms with Crippen molar-refractivity contribution in [1.29, 1.82) is 0 Å². The van der Waals surface area contributed by atoms with E-state index < -0.39 is 36.3 Å². The van der Waals surface area contributed by atoms with E-state index >= 15 is 0 Å². The summed E-state index contributed by atoms with van der Waals surface area (Å²) >= 11 is 0. The number of carboxylic acids is 1. The van der Waals surface area contributed by atoms with E-state index in [1.807, 2.05) is 6.92 Å². The lowest BCUT2D eigenvalue weighted by Crippen LogP contribution is -2.33. The Hall–Kier alpha value is -1.74. The molecule has 0 amide bonds.